The van der Waals surface area contributed by atoms with E-state index in [2.05, 4.69) is 46.9 Å². The maximum Gasteiger partial charge on any atom is 0.234 e. The number of hydrogen-bond acceptors (Lipinski definition) is 4. The number of aromatic nitrogens is 3. The van der Waals surface area contributed by atoms with Gasteiger partial charge in [-0.15, -0.1) is 10.2 Å². The van der Waals surface area contributed by atoms with Crippen molar-refractivity contribution in [3.8, 4) is 0 Å². The summed E-state index contributed by atoms with van der Waals surface area (Å²) in [5, 5.41) is 14.5. The van der Waals surface area contributed by atoms with Gasteiger partial charge in [0, 0.05) is 18.2 Å². The molecule has 0 spiro atoms. The normalized spacial score (nSPS) is 11.2. The van der Waals surface area contributed by atoms with Crippen LogP contribution in [0.2, 0.25) is 0 Å². The smallest absolute Gasteiger partial charge is 0.234 e. The van der Waals surface area contributed by atoms with Gasteiger partial charge in [-0.25, -0.2) is 0 Å². The van der Waals surface area contributed by atoms with Crippen LogP contribution in [-0.2, 0) is 11.3 Å². The monoisotopic (exact) mass is 354 g/mol. The van der Waals surface area contributed by atoms with Crippen molar-refractivity contribution < 1.29 is 4.79 Å². The number of amides is 1. The van der Waals surface area contributed by atoms with E-state index in [0.717, 1.165) is 34.0 Å². The lowest BCUT2D eigenvalue weighted by molar-refractivity contribution is -0.113. The fraction of sp³-hybridized carbons (Fsp3) is 0.316. The minimum absolute atomic E-state index is 0.0444. The number of fused-ring (bicyclic) bond motifs is 1. The number of nitrogens with one attached hydrogen (secondary N) is 1. The lowest BCUT2D eigenvalue weighted by atomic mass is 10.1. The van der Waals surface area contributed by atoms with E-state index < -0.39 is 0 Å². The van der Waals surface area contributed by atoms with E-state index in [1.54, 1.807) is 0 Å². The predicted octanol–water partition coefficient (Wildman–Crippen LogP) is 4.31. The molecule has 0 saturated carbocycles. The Morgan fingerprint density at radius 2 is 1.92 bits per heavy atom. The van der Waals surface area contributed by atoms with Crippen LogP contribution in [-0.4, -0.2) is 26.4 Å². The van der Waals surface area contributed by atoms with E-state index in [1.165, 1.54) is 11.8 Å². The van der Waals surface area contributed by atoms with Crippen LogP contribution in [0.4, 0.5) is 5.69 Å². The fourth-order valence-corrected chi connectivity index (χ4v) is 3.53. The summed E-state index contributed by atoms with van der Waals surface area (Å²) >= 11 is 1.42. The van der Waals surface area contributed by atoms with Gasteiger partial charge in [0.25, 0.3) is 0 Å². The Labute approximate surface area is 151 Å². The molecule has 25 heavy (non-hydrogen) atoms. The molecule has 0 atom stereocenters. The van der Waals surface area contributed by atoms with Gasteiger partial charge >= 0.3 is 0 Å². The minimum atomic E-state index is -0.0444. The summed E-state index contributed by atoms with van der Waals surface area (Å²) in [4.78, 5) is 12.3. The van der Waals surface area contributed by atoms with Gasteiger partial charge in [0.2, 0.25) is 5.91 Å². The molecule has 0 bridgehead atoms. The van der Waals surface area contributed by atoms with E-state index in [-0.39, 0.29) is 5.91 Å². The molecular weight excluding hydrogens is 332 g/mol. The summed E-state index contributed by atoms with van der Waals surface area (Å²) in [6, 6.07) is 14.0. The van der Waals surface area contributed by atoms with Crippen molar-refractivity contribution in [1.82, 2.24) is 14.8 Å². The zero-order valence-corrected chi connectivity index (χ0v) is 15.5. The molecule has 1 heterocycles. The second-order valence-corrected chi connectivity index (χ2v) is 7.08. The van der Waals surface area contributed by atoms with E-state index in [9.17, 15) is 4.79 Å². The Bertz CT molecular complexity index is 888. The lowest BCUT2D eigenvalue weighted by Gasteiger charge is -2.09. The van der Waals surface area contributed by atoms with Crippen LogP contribution in [0.25, 0.3) is 10.8 Å². The Kier molecular flexibility index (Phi) is 5.38. The fourth-order valence-electron chi connectivity index (χ4n) is 2.73. The Morgan fingerprint density at radius 3 is 2.64 bits per heavy atom. The summed E-state index contributed by atoms with van der Waals surface area (Å²) in [5.74, 6) is 1.54. The molecule has 2 aromatic carbocycles. The van der Waals surface area contributed by atoms with Gasteiger partial charge in [0.1, 0.15) is 5.82 Å². The standard InChI is InChI=1S/C19H22N4OS/c1-4-23-18(13(2)3)21-22-19(23)25-12-17(24)20-16-10-9-14-7-5-6-8-15(14)11-16/h5-11,13H,4,12H2,1-3H3,(H,20,24). The number of thioether (sulfide) groups is 1. The molecule has 130 valence electrons. The predicted molar refractivity (Wildman–Crippen MR) is 103 cm³/mol. The molecule has 0 aliphatic heterocycles. The third kappa shape index (κ3) is 4.02. The number of rotatable bonds is 6. The van der Waals surface area contributed by atoms with Crippen molar-refractivity contribution in [1.29, 1.82) is 0 Å². The first-order valence-electron chi connectivity index (χ1n) is 8.43. The summed E-state index contributed by atoms with van der Waals surface area (Å²) < 4.78 is 2.07. The molecule has 5 nitrogen and oxygen atoms in total. The molecular formula is C19H22N4OS. The van der Waals surface area contributed by atoms with Gasteiger partial charge in [0.15, 0.2) is 5.16 Å². The third-order valence-corrected chi connectivity index (χ3v) is 4.91. The van der Waals surface area contributed by atoms with E-state index >= 15 is 0 Å². The minimum Gasteiger partial charge on any atom is -0.325 e. The van der Waals surface area contributed by atoms with Gasteiger partial charge in [-0.2, -0.15) is 0 Å². The molecule has 1 aromatic heterocycles. The Morgan fingerprint density at radius 1 is 1.16 bits per heavy atom. The van der Waals surface area contributed by atoms with Crippen LogP contribution in [0.1, 0.15) is 32.5 Å². The van der Waals surface area contributed by atoms with Crippen LogP contribution in [0.5, 0.6) is 0 Å². The summed E-state index contributed by atoms with van der Waals surface area (Å²) in [7, 11) is 0. The first-order chi connectivity index (χ1) is 12.1. The molecule has 1 amide bonds. The summed E-state index contributed by atoms with van der Waals surface area (Å²) in [5.41, 5.74) is 0.809. The van der Waals surface area contributed by atoms with Crippen LogP contribution in [0, 0.1) is 0 Å². The van der Waals surface area contributed by atoms with Crippen molar-refractivity contribution in [3.05, 3.63) is 48.3 Å². The lowest BCUT2D eigenvalue weighted by Crippen LogP contribution is -2.14. The molecule has 0 fully saturated rings. The van der Waals surface area contributed by atoms with Crippen LogP contribution in [0.15, 0.2) is 47.6 Å². The number of hydrogen-bond donors (Lipinski definition) is 1. The van der Waals surface area contributed by atoms with E-state index in [0.29, 0.717) is 11.7 Å². The van der Waals surface area contributed by atoms with Gasteiger partial charge in [0.05, 0.1) is 5.75 Å². The summed E-state index contributed by atoms with van der Waals surface area (Å²) in [6.07, 6.45) is 0. The average molecular weight is 354 g/mol. The van der Waals surface area contributed by atoms with E-state index in [4.69, 9.17) is 0 Å². The van der Waals surface area contributed by atoms with Gasteiger partial charge in [-0.1, -0.05) is 55.9 Å². The second kappa shape index (κ2) is 7.70. The van der Waals surface area contributed by atoms with Crippen LogP contribution >= 0.6 is 11.8 Å². The maximum absolute atomic E-state index is 12.3. The zero-order chi connectivity index (χ0) is 17.8. The topological polar surface area (TPSA) is 59.8 Å². The molecule has 0 radical (unpaired) electrons. The SMILES string of the molecule is CCn1c(SCC(=O)Nc2ccc3ccccc3c2)nnc1C(C)C. The number of anilines is 1. The third-order valence-electron chi connectivity index (χ3n) is 3.94. The van der Waals surface area contributed by atoms with Crippen molar-refractivity contribution in [3.63, 3.8) is 0 Å². The Balaban J connectivity index is 1.64. The average Bonchev–Trinajstić information content (AvgIpc) is 3.03. The van der Waals surface area contributed by atoms with Crippen LogP contribution < -0.4 is 5.32 Å². The quantitative estimate of drug-likeness (QED) is 0.670. The first kappa shape index (κ1) is 17.5. The first-order valence-corrected chi connectivity index (χ1v) is 9.41. The van der Waals surface area contributed by atoms with Gasteiger partial charge in [-0.3, -0.25) is 4.79 Å². The maximum atomic E-state index is 12.3. The summed E-state index contributed by atoms with van der Waals surface area (Å²) in [6.45, 7) is 7.05. The molecule has 3 aromatic rings. The number of nitrogens with zero attached hydrogens (tertiary/aromatic N) is 3. The Hall–Kier alpha value is -2.34. The highest BCUT2D eigenvalue weighted by Gasteiger charge is 2.15. The highest BCUT2D eigenvalue weighted by atomic mass is 32.2. The van der Waals surface area contributed by atoms with Gasteiger partial charge in [-0.05, 0) is 29.8 Å². The molecule has 0 unspecified atom stereocenters. The van der Waals surface area contributed by atoms with E-state index in [1.807, 2.05) is 36.4 Å². The molecule has 0 aliphatic rings. The van der Waals surface area contributed by atoms with Crippen molar-refractivity contribution in [2.45, 2.75) is 38.4 Å². The number of carbonyl (C=O) groups excluding carboxylic acids is 1. The zero-order valence-electron chi connectivity index (χ0n) is 14.7. The van der Waals surface area contributed by atoms with Crippen LogP contribution in [0.3, 0.4) is 0 Å². The highest BCUT2D eigenvalue weighted by Crippen LogP contribution is 2.22. The van der Waals surface area contributed by atoms with Crippen molar-refractivity contribution >= 4 is 34.1 Å². The largest absolute Gasteiger partial charge is 0.325 e. The molecule has 1 N–H and O–H groups in total. The van der Waals surface area contributed by atoms with Crippen molar-refractivity contribution in [2.75, 3.05) is 11.1 Å². The highest BCUT2D eigenvalue weighted by molar-refractivity contribution is 7.99. The molecule has 6 heteroatoms. The number of benzene rings is 2. The second-order valence-electron chi connectivity index (χ2n) is 6.14. The molecule has 0 saturated heterocycles. The van der Waals surface area contributed by atoms with Gasteiger partial charge < -0.3 is 9.88 Å². The molecule has 0 aliphatic carbocycles. The number of carbonyl (C=O) groups is 1. The molecule has 3 rings (SSSR count). The van der Waals surface area contributed by atoms with Crippen molar-refractivity contribution in [2.24, 2.45) is 0 Å².